The molecule has 19 heavy (non-hydrogen) atoms. The Kier molecular flexibility index (Phi) is 3.83. The first-order chi connectivity index (χ1) is 8.97. The Hall–Kier alpha value is -1.91. The molecule has 4 nitrogen and oxygen atoms in total. The van der Waals surface area contributed by atoms with Gasteiger partial charge in [0.05, 0.1) is 27.6 Å². The highest BCUT2D eigenvalue weighted by Gasteiger charge is 2.08. The van der Waals surface area contributed by atoms with Crippen molar-refractivity contribution >= 4 is 46.2 Å². The number of hydrogen-bond acceptors (Lipinski definition) is 3. The standard InChI is InChI=1S/C13H10Cl2N2O2/c14-8-2-3-9(15)12(6-8)17-11-4-1-7(13(18)19)5-10(11)16/h1-6,17H,16H2,(H,18,19). The molecule has 2 rings (SSSR count). The number of nitrogen functional groups attached to an aromatic ring is 1. The SMILES string of the molecule is Nc1cc(C(=O)O)ccc1Nc1cc(Cl)ccc1Cl. The minimum atomic E-state index is -1.03. The van der Waals surface area contributed by atoms with Crippen molar-refractivity contribution in [3.8, 4) is 0 Å². The predicted molar refractivity (Wildman–Crippen MR) is 77.6 cm³/mol. The van der Waals surface area contributed by atoms with Gasteiger partial charge in [0.15, 0.2) is 0 Å². The molecule has 4 N–H and O–H groups in total. The van der Waals surface area contributed by atoms with E-state index in [1.165, 1.54) is 12.1 Å². The molecule has 0 saturated carbocycles. The van der Waals surface area contributed by atoms with E-state index in [2.05, 4.69) is 5.32 Å². The van der Waals surface area contributed by atoms with Gasteiger partial charge in [-0.3, -0.25) is 0 Å². The van der Waals surface area contributed by atoms with Crippen molar-refractivity contribution < 1.29 is 9.90 Å². The molecule has 0 aliphatic carbocycles. The van der Waals surface area contributed by atoms with Crippen LogP contribution in [0.1, 0.15) is 10.4 Å². The summed E-state index contributed by atoms with van der Waals surface area (Å²) in [6.45, 7) is 0. The summed E-state index contributed by atoms with van der Waals surface area (Å²) < 4.78 is 0. The van der Waals surface area contributed by atoms with Gasteiger partial charge >= 0.3 is 5.97 Å². The minimum absolute atomic E-state index is 0.125. The van der Waals surface area contributed by atoms with Crippen LogP contribution >= 0.6 is 23.2 Å². The van der Waals surface area contributed by atoms with Crippen molar-refractivity contribution in [3.05, 3.63) is 52.0 Å². The number of nitrogens with one attached hydrogen (secondary N) is 1. The van der Waals surface area contributed by atoms with Crippen LogP contribution in [0.4, 0.5) is 17.1 Å². The summed E-state index contributed by atoms with van der Waals surface area (Å²) in [6.07, 6.45) is 0. The molecular formula is C13H10Cl2N2O2. The Balaban J connectivity index is 2.33. The third kappa shape index (κ3) is 3.10. The van der Waals surface area contributed by atoms with Gasteiger partial charge in [-0.2, -0.15) is 0 Å². The van der Waals surface area contributed by atoms with Gasteiger partial charge in [0.2, 0.25) is 0 Å². The number of aromatic carboxylic acids is 1. The molecule has 0 fully saturated rings. The molecule has 0 saturated heterocycles. The van der Waals surface area contributed by atoms with E-state index in [1.54, 1.807) is 24.3 Å². The molecule has 0 aliphatic heterocycles. The van der Waals surface area contributed by atoms with Gasteiger partial charge in [0.25, 0.3) is 0 Å². The summed E-state index contributed by atoms with van der Waals surface area (Å²) in [4.78, 5) is 10.8. The molecule has 0 amide bonds. The van der Waals surface area contributed by atoms with Crippen LogP contribution in [0.25, 0.3) is 0 Å². The lowest BCUT2D eigenvalue weighted by molar-refractivity contribution is 0.0697. The molecule has 0 radical (unpaired) electrons. The van der Waals surface area contributed by atoms with Crippen LogP contribution in [0.5, 0.6) is 0 Å². The zero-order chi connectivity index (χ0) is 14.0. The summed E-state index contributed by atoms with van der Waals surface area (Å²) in [7, 11) is 0. The number of carbonyl (C=O) groups is 1. The molecule has 6 heteroatoms. The number of anilines is 3. The van der Waals surface area contributed by atoms with Crippen molar-refractivity contribution in [3.63, 3.8) is 0 Å². The van der Waals surface area contributed by atoms with Crippen LogP contribution in [0.15, 0.2) is 36.4 Å². The van der Waals surface area contributed by atoms with Gasteiger partial charge in [-0.25, -0.2) is 4.79 Å². The normalized spacial score (nSPS) is 10.2. The van der Waals surface area contributed by atoms with Gasteiger partial charge in [-0.15, -0.1) is 0 Å². The van der Waals surface area contributed by atoms with E-state index in [9.17, 15) is 4.79 Å². The molecule has 2 aromatic rings. The minimum Gasteiger partial charge on any atom is -0.478 e. The third-order valence-corrected chi connectivity index (χ3v) is 3.06. The molecule has 2 aromatic carbocycles. The second-order valence-electron chi connectivity index (χ2n) is 3.86. The summed E-state index contributed by atoms with van der Waals surface area (Å²) in [5, 5.41) is 12.9. The number of hydrogen-bond donors (Lipinski definition) is 3. The zero-order valence-electron chi connectivity index (χ0n) is 9.65. The van der Waals surface area contributed by atoms with Crippen LogP contribution in [0, 0.1) is 0 Å². The number of halogens is 2. The fourth-order valence-electron chi connectivity index (χ4n) is 1.55. The van der Waals surface area contributed by atoms with Crippen LogP contribution in [0.3, 0.4) is 0 Å². The molecule has 0 unspecified atom stereocenters. The van der Waals surface area contributed by atoms with Crippen molar-refractivity contribution in [1.82, 2.24) is 0 Å². The van der Waals surface area contributed by atoms with Gasteiger partial charge in [-0.1, -0.05) is 23.2 Å². The average Bonchev–Trinajstić information content (AvgIpc) is 2.36. The zero-order valence-corrected chi connectivity index (χ0v) is 11.2. The number of nitrogens with two attached hydrogens (primary N) is 1. The van der Waals surface area contributed by atoms with Crippen LogP contribution in [0.2, 0.25) is 10.0 Å². The number of rotatable bonds is 3. The lowest BCUT2D eigenvalue weighted by atomic mass is 10.1. The van der Waals surface area contributed by atoms with E-state index >= 15 is 0 Å². The van der Waals surface area contributed by atoms with Crippen LogP contribution < -0.4 is 11.1 Å². The Morgan fingerprint density at radius 3 is 2.47 bits per heavy atom. The molecule has 98 valence electrons. The maximum atomic E-state index is 10.8. The molecule has 0 atom stereocenters. The number of benzene rings is 2. The smallest absolute Gasteiger partial charge is 0.335 e. The van der Waals surface area contributed by atoms with Crippen LogP contribution in [-0.2, 0) is 0 Å². The van der Waals surface area contributed by atoms with E-state index in [4.69, 9.17) is 34.0 Å². The highest BCUT2D eigenvalue weighted by atomic mass is 35.5. The van der Waals surface area contributed by atoms with E-state index in [0.717, 1.165) is 0 Å². The summed E-state index contributed by atoms with van der Waals surface area (Å²) in [6, 6.07) is 9.41. The molecular weight excluding hydrogens is 287 g/mol. The predicted octanol–water partition coefficient (Wildman–Crippen LogP) is 4.02. The molecule has 0 aliphatic rings. The molecule has 0 bridgehead atoms. The van der Waals surface area contributed by atoms with E-state index in [1.807, 2.05) is 0 Å². The maximum absolute atomic E-state index is 10.8. The second kappa shape index (κ2) is 5.38. The highest BCUT2D eigenvalue weighted by molar-refractivity contribution is 6.35. The van der Waals surface area contributed by atoms with E-state index < -0.39 is 5.97 Å². The number of carboxylic acids is 1. The Morgan fingerprint density at radius 1 is 1.11 bits per heavy atom. The first-order valence-electron chi connectivity index (χ1n) is 5.32. The maximum Gasteiger partial charge on any atom is 0.335 e. The van der Waals surface area contributed by atoms with Crippen molar-refractivity contribution in [2.45, 2.75) is 0 Å². The van der Waals surface area contributed by atoms with E-state index in [-0.39, 0.29) is 5.56 Å². The monoisotopic (exact) mass is 296 g/mol. The fourth-order valence-corrected chi connectivity index (χ4v) is 1.88. The van der Waals surface area contributed by atoms with Crippen molar-refractivity contribution in [2.75, 3.05) is 11.1 Å². The Morgan fingerprint density at radius 2 is 1.84 bits per heavy atom. The lowest BCUT2D eigenvalue weighted by Gasteiger charge is -2.11. The molecule has 0 spiro atoms. The quantitative estimate of drug-likeness (QED) is 0.748. The first-order valence-corrected chi connectivity index (χ1v) is 6.08. The molecule has 0 heterocycles. The summed E-state index contributed by atoms with van der Waals surface area (Å²) in [5.41, 5.74) is 7.40. The fraction of sp³-hybridized carbons (Fsp3) is 0. The Bertz CT molecular complexity index is 645. The second-order valence-corrected chi connectivity index (χ2v) is 4.70. The topological polar surface area (TPSA) is 75.4 Å². The van der Waals surface area contributed by atoms with Gasteiger partial charge in [0.1, 0.15) is 0 Å². The number of carboxylic acid groups (broad SMARTS) is 1. The third-order valence-electron chi connectivity index (χ3n) is 2.50. The lowest BCUT2D eigenvalue weighted by Crippen LogP contribution is -2.01. The first kappa shape index (κ1) is 13.5. The van der Waals surface area contributed by atoms with Crippen molar-refractivity contribution in [1.29, 1.82) is 0 Å². The van der Waals surface area contributed by atoms with Gasteiger partial charge < -0.3 is 16.2 Å². The van der Waals surface area contributed by atoms with E-state index in [0.29, 0.717) is 27.1 Å². The van der Waals surface area contributed by atoms with Gasteiger partial charge in [-0.05, 0) is 36.4 Å². The Labute approximate surface area is 119 Å². The highest BCUT2D eigenvalue weighted by Crippen LogP contribution is 2.31. The van der Waals surface area contributed by atoms with Gasteiger partial charge in [0, 0.05) is 5.02 Å². The van der Waals surface area contributed by atoms with Crippen LogP contribution in [-0.4, -0.2) is 11.1 Å². The largest absolute Gasteiger partial charge is 0.478 e. The average molecular weight is 297 g/mol. The summed E-state index contributed by atoms with van der Waals surface area (Å²) in [5.74, 6) is -1.03. The van der Waals surface area contributed by atoms with Crippen molar-refractivity contribution in [2.24, 2.45) is 0 Å². The summed E-state index contributed by atoms with van der Waals surface area (Å²) >= 11 is 11.9. The molecule has 0 aromatic heterocycles.